The lowest BCUT2D eigenvalue weighted by atomic mass is 10.3. The van der Waals surface area contributed by atoms with Gasteiger partial charge in [-0.25, -0.2) is 4.98 Å². The predicted octanol–water partition coefficient (Wildman–Crippen LogP) is 4.58. The first-order valence-electron chi connectivity index (χ1n) is 5.69. The Morgan fingerprint density at radius 2 is 1.72 bits per heavy atom. The third-order valence-corrected chi connectivity index (χ3v) is 3.51. The van der Waals surface area contributed by atoms with Gasteiger partial charge in [0.25, 0.3) is 0 Å². The lowest BCUT2D eigenvalue weighted by molar-refractivity contribution is 0.949. The molecule has 0 aliphatic carbocycles. The zero-order valence-electron chi connectivity index (χ0n) is 9.65. The molecule has 0 atom stereocenters. The van der Waals surface area contributed by atoms with Crippen LogP contribution in [0.2, 0.25) is 0 Å². The summed E-state index contributed by atoms with van der Waals surface area (Å²) in [5.74, 6) is 0. The van der Waals surface area contributed by atoms with Gasteiger partial charge in [-0.15, -0.1) is 11.3 Å². The minimum absolute atomic E-state index is 0.536. The Morgan fingerprint density at radius 3 is 2.56 bits per heavy atom. The fourth-order valence-electron chi connectivity index (χ4n) is 1.66. The third kappa shape index (κ3) is 2.43. The molecule has 0 bridgehead atoms. The molecule has 0 saturated heterocycles. The summed E-state index contributed by atoms with van der Waals surface area (Å²) in [7, 11) is 0. The molecular formula is C14H11N3S. The van der Waals surface area contributed by atoms with Crippen molar-refractivity contribution in [2.75, 3.05) is 0 Å². The number of aromatic nitrogens is 1. The van der Waals surface area contributed by atoms with Gasteiger partial charge in [-0.05, 0) is 24.3 Å². The number of hydrogen-bond acceptors (Lipinski definition) is 4. The molecule has 0 aliphatic rings. The van der Waals surface area contributed by atoms with Crippen LogP contribution in [-0.4, -0.2) is 4.98 Å². The first-order chi connectivity index (χ1) is 8.92. The van der Waals surface area contributed by atoms with E-state index in [9.17, 15) is 0 Å². The molecule has 1 aromatic heterocycles. The van der Waals surface area contributed by atoms with Crippen LogP contribution in [0.3, 0.4) is 0 Å². The van der Waals surface area contributed by atoms with Gasteiger partial charge in [-0.3, -0.25) is 0 Å². The highest BCUT2D eigenvalue weighted by molar-refractivity contribution is 7.18. The normalized spacial score (nSPS) is 11.3. The Balaban J connectivity index is 1.75. The van der Waals surface area contributed by atoms with Crippen LogP contribution in [0, 0.1) is 0 Å². The average molecular weight is 253 g/mol. The summed E-state index contributed by atoms with van der Waals surface area (Å²) in [6, 6.07) is 17.8. The van der Waals surface area contributed by atoms with Gasteiger partial charge in [0.15, 0.2) is 0 Å². The van der Waals surface area contributed by atoms with E-state index >= 15 is 0 Å². The first kappa shape index (κ1) is 11.0. The Bertz CT molecular complexity index is 641. The van der Waals surface area contributed by atoms with Crippen molar-refractivity contribution < 1.29 is 0 Å². The van der Waals surface area contributed by atoms with Crippen molar-refractivity contribution in [2.24, 2.45) is 10.2 Å². The Kier molecular flexibility index (Phi) is 3.10. The van der Waals surface area contributed by atoms with Crippen molar-refractivity contribution in [3.63, 3.8) is 0 Å². The van der Waals surface area contributed by atoms with Gasteiger partial charge >= 0.3 is 0 Å². The van der Waals surface area contributed by atoms with Gasteiger partial charge < -0.3 is 0 Å². The number of hydrogen-bond donors (Lipinski definition) is 0. The van der Waals surface area contributed by atoms with Crippen molar-refractivity contribution in [1.29, 1.82) is 0 Å². The van der Waals surface area contributed by atoms with E-state index < -0.39 is 0 Å². The minimum Gasteiger partial charge on any atom is -0.239 e. The molecule has 0 radical (unpaired) electrons. The second-order valence-corrected chi connectivity index (χ2v) is 4.93. The molecular weight excluding hydrogens is 242 g/mol. The van der Waals surface area contributed by atoms with E-state index in [0.717, 1.165) is 16.2 Å². The van der Waals surface area contributed by atoms with Gasteiger partial charge in [0.1, 0.15) is 11.6 Å². The summed E-state index contributed by atoms with van der Waals surface area (Å²) in [5, 5.41) is 9.34. The number of thiazole rings is 1. The van der Waals surface area contributed by atoms with Gasteiger partial charge in [0.2, 0.25) is 0 Å². The van der Waals surface area contributed by atoms with Crippen molar-refractivity contribution in [2.45, 2.75) is 6.54 Å². The van der Waals surface area contributed by atoms with E-state index in [2.05, 4.69) is 21.3 Å². The zero-order valence-corrected chi connectivity index (χ0v) is 10.5. The smallest absolute Gasteiger partial charge is 0.117 e. The molecule has 3 rings (SSSR count). The summed E-state index contributed by atoms with van der Waals surface area (Å²) in [6.45, 7) is 0.536. The molecule has 4 heteroatoms. The van der Waals surface area contributed by atoms with Crippen LogP contribution in [0.5, 0.6) is 0 Å². The van der Waals surface area contributed by atoms with E-state index in [1.165, 1.54) is 4.70 Å². The highest BCUT2D eigenvalue weighted by Crippen LogP contribution is 2.22. The number of benzene rings is 2. The SMILES string of the molecule is c1ccc(N=NCc2nc3ccccc3s2)cc1. The van der Waals surface area contributed by atoms with E-state index in [-0.39, 0.29) is 0 Å². The summed E-state index contributed by atoms with van der Waals surface area (Å²) in [5.41, 5.74) is 1.91. The molecule has 88 valence electrons. The molecule has 0 saturated carbocycles. The number of fused-ring (bicyclic) bond motifs is 1. The van der Waals surface area contributed by atoms with E-state index in [0.29, 0.717) is 6.54 Å². The molecule has 0 spiro atoms. The number of nitrogens with zero attached hydrogens (tertiary/aromatic N) is 3. The zero-order chi connectivity index (χ0) is 12.2. The predicted molar refractivity (Wildman–Crippen MR) is 74.3 cm³/mol. The highest BCUT2D eigenvalue weighted by Gasteiger charge is 2.01. The van der Waals surface area contributed by atoms with Crippen LogP contribution in [0.4, 0.5) is 5.69 Å². The van der Waals surface area contributed by atoms with Gasteiger partial charge in [-0.2, -0.15) is 10.2 Å². The monoisotopic (exact) mass is 253 g/mol. The third-order valence-electron chi connectivity index (χ3n) is 2.49. The van der Waals surface area contributed by atoms with Gasteiger partial charge in [-0.1, -0.05) is 30.3 Å². The summed E-state index contributed by atoms with van der Waals surface area (Å²) in [6.07, 6.45) is 0. The van der Waals surface area contributed by atoms with Crippen LogP contribution < -0.4 is 0 Å². The number of para-hydroxylation sites is 1. The fourth-order valence-corrected chi connectivity index (χ4v) is 2.54. The number of azo groups is 1. The minimum atomic E-state index is 0.536. The molecule has 0 N–H and O–H groups in total. The van der Waals surface area contributed by atoms with Crippen molar-refractivity contribution in [3.8, 4) is 0 Å². The first-order valence-corrected chi connectivity index (χ1v) is 6.50. The van der Waals surface area contributed by atoms with Crippen LogP contribution in [0.15, 0.2) is 64.8 Å². The molecule has 2 aromatic carbocycles. The molecule has 3 aromatic rings. The standard InChI is InChI=1S/C14H11N3S/c1-2-6-11(7-3-1)17-15-10-14-16-12-8-4-5-9-13(12)18-14/h1-9H,10H2. The molecule has 0 amide bonds. The molecule has 0 unspecified atom stereocenters. The summed E-state index contributed by atoms with van der Waals surface area (Å²) < 4.78 is 1.20. The molecule has 1 heterocycles. The lowest BCUT2D eigenvalue weighted by Gasteiger charge is -1.89. The molecule has 0 fully saturated rings. The average Bonchev–Trinajstić information content (AvgIpc) is 2.82. The van der Waals surface area contributed by atoms with Crippen LogP contribution in [-0.2, 0) is 6.54 Å². The fraction of sp³-hybridized carbons (Fsp3) is 0.0714. The quantitative estimate of drug-likeness (QED) is 0.629. The maximum absolute atomic E-state index is 4.51. The van der Waals surface area contributed by atoms with E-state index in [1.54, 1.807) is 11.3 Å². The van der Waals surface area contributed by atoms with Crippen LogP contribution in [0.1, 0.15) is 5.01 Å². The second kappa shape index (κ2) is 5.06. The van der Waals surface area contributed by atoms with Crippen LogP contribution in [0.25, 0.3) is 10.2 Å². The summed E-state index contributed by atoms with van der Waals surface area (Å²) in [4.78, 5) is 4.51. The van der Waals surface area contributed by atoms with Crippen molar-refractivity contribution >= 4 is 27.2 Å². The number of rotatable bonds is 3. The molecule has 3 nitrogen and oxygen atoms in total. The Labute approximate surface area is 109 Å². The van der Waals surface area contributed by atoms with E-state index in [1.807, 2.05) is 48.5 Å². The Morgan fingerprint density at radius 1 is 0.944 bits per heavy atom. The van der Waals surface area contributed by atoms with Crippen LogP contribution >= 0.6 is 11.3 Å². The van der Waals surface area contributed by atoms with Gasteiger partial charge in [0.05, 0.1) is 15.9 Å². The lowest BCUT2D eigenvalue weighted by Crippen LogP contribution is -1.76. The topological polar surface area (TPSA) is 37.6 Å². The van der Waals surface area contributed by atoms with Crippen molar-refractivity contribution in [1.82, 2.24) is 4.98 Å². The largest absolute Gasteiger partial charge is 0.239 e. The van der Waals surface area contributed by atoms with Crippen molar-refractivity contribution in [3.05, 3.63) is 59.6 Å². The van der Waals surface area contributed by atoms with E-state index in [4.69, 9.17) is 0 Å². The summed E-state index contributed by atoms with van der Waals surface area (Å²) >= 11 is 1.67. The molecule has 0 aliphatic heterocycles. The Hall–Kier alpha value is -2.07. The highest BCUT2D eigenvalue weighted by atomic mass is 32.1. The van der Waals surface area contributed by atoms with Gasteiger partial charge in [0, 0.05) is 0 Å². The second-order valence-electron chi connectivity index (χ2n) is 3.81. The maximum atomic E-state index is 4.51. The maximum Gasteiger partial charge on any atom is 0.117 e. The molecule has 18 heavy (non-hydrogen) atoms.